The monoisotopic (exact) mass is 609 g/mol. The molecule has 0 spiro atoms. The normalized spacial score (nSPS) is 12.9. The molecule has 9 aromatic rings. The van der Waals surface area contributed by atoms with Crippen LogP contribution in [0.4, 0.5) is 0 Å². The molecule has 0 radical (unpaired) electrons. The molecule has 0 atom stereocenters. The van der Waals surface area contributed by atoms with Gasteiger partial charge in [0.25, 0.3) is 0 Å². The molecule has 230 valence electrons. The van der Waals surface area contributed by atoms with Crippen LogP contribution in [0.1, 0.15) is 41.0 Å². The third-order valence-corrected chi connectivity index (χ3v) is 10.0. The second-order valence-electron chi connectivity index (χ2n) is 15.2. The van der Waals surface area contributed by atoms with Crippen molar-refractivity contribution in [3.8, 4) is 22.3 Å². The molecule has 0 saturated carbocycles. The van der Waals surface area contributed by atoms with E-state index in [9.17, 15) is 0 Å². The van der Waals surface area contributed by atoms with Crippen LogP contribution in [-0.4, -0.2) is 14.5 Å². The molecule has 0 aliphatic carbocycles. The van der Waals surface area contributed by atoms with Crippen molar-refractivity contribution in [2.75, 3.05) is 0 Å². The lowest BCUT2D eigenvalue weighted by Gasteiger charge is -2.35. The smallest absolute Gasteiger partial charge is 0.0496 e. The second-order valence-corrected chi connectivity index (χ2v) is 15.2. The minimum absolute atomic E-state index is 0.0762. The first-order chi connectivity index (χ1) is 22.6. The number of benzene rings is 6. The van der Waals surface area contributed by atoms with E-state index in [4.69, 9.17) is 0 Å². The van der Waals surface area contributed by atoms with Crippen molar-refractivity contribution in [3.63, 3.8) is 0 Å². The summed E-state index contributed by atoms with van der Waals surface area (Å²) in [5, 5.41) is 7.66. The summed E-state index contributed by atoms with van der Waals surface area (Å²) in [7, 11) is 0. The van der Waals surface area contributed by atoms with Crippen LogP contribution in [0.3, 0.4) is 0 Å². The van der Waals surface area contributed by atoms with Crippen molar-refractivity contribution in [1.82, 2.24) is 14.5 Å². The number of nitrogens with zero attached hydrogens (tertiary/aromatic N) is 1. The SMILES string of the molecule is CC(C)(C)CC(C)(C)n1c2ccc(-c3ccc4[nH]c5ccccc5c4c3)cc2c2cc(-c3ccc4[nH]c5ccccc5c4c3)ccc21. The van der Waals surface area contributed by atoms with E-state index in [1.165, 1.54) is 87.7 Å². The number of aromatic nitrogens is 3. The summed E-state index contributed by atoms with van der Waals surface area (Å²) in [6, 6.07) is 45.0. The maximum Gasteiger partial charge on any atom is 0.0496 e. The fraction of sp³-hybridized carbons (Fsp3) is 0.182. The quantitative estimate of drug-likeness (QED) is 0.199. The molecule has 3 nitrogen and oxygen atoms in total. The molecule has 0 saturated heterocycles. The van der Waals surface area contributed by atoms with E-state index in [1.807, 2.05) is 0 Å². The number of H-pyrrole nitrogens is 2. The van der Waals surface area contributed by atoms with E-state index < -0.39 is 0 Å². The van der Waals surface area contributed by atoms with Crippen LogP contribution in [0.25, 0.3) is 87.7 Å². The van der Waals surface area contributed by atoms with Gasteiger partial charge in [0.2, 0.25) is 0 Å². The molecule has 0 unspecified atom stereocenters. The number of rotatable bonds is 4. The Morgan fingerprint density at radius 1 is 0.426 bits per heavy atom. The van der Waals surface area contributed by atoms with Crippen LogP contribution >= 0.6 is 0 Å². The number of hydrogen-bond acceptors (Lipinski definition) is 0. The molecule has 9 rings (SSSR count). The van der Waals surface area contributed by atoms with E-state index in [-0.39, 0.29) is 11.0 Å². The number of aromatic amines is 2. The predicted molar refractivity (Wildman–Crippen MR) is 202 cm³/mol. The van der Waals surface area contributed by atoms with E-state index in [2.05, 4.69) is 170 Å². The molecule has 3 heterocycles. The Morgan fingerprint density at radius 3 is 1.26 bits per heavy atom. The number of fused-ring (bicyclic) bond motifs is 9. The number of para-hydroxylation sites is 2. The lowest BCUT2D eigenvalue weighted by Crippen LogP contribution is -2.31. The third-order valence-electron chi connectivity index (χ3n) is 10.0. The van der Waals surface area contributed by atoms with Crippen molar-refractivity contribution >= 4 is 65.4 Å². The van der Waals surface area contributed by atoms with Gasteiger partial charge in [0.15, 0.2) is 0 Å². The number of nitrogens with one attached hydrogen (secondary N) is 2. The molecule has 3 aromatic heterocycles. The summed E-state index contributed by atoms with van der Waals surface area (Å²) in [6.45, 7) is 11.8. The highest BCUT2D eigenvalue weighted by Gasteiger charge is 2.30. The zero-order chi connectivity index (χ0) is 32.1. The molecular weight excluding hydrogens is 571 g/mol. The maximum absolute atomic E-state index is 3.58. The lowest BCUT2D eigenvalue weighted by atomic mass is 9.81. The van der Waals surface area contributed by atoms with Crippen molar-refractivity contribution in [2.45, 2.75) is 46.6 Å². The fourth-order valence-electron chi connectivity index (χ4n) is 8.47. The van der Waals surface area contributed by atoms with Crippen LogP contribution in [0, 0.1) is 5.41 Å². The fourth-order valence-corrected chi connectivity index (χ4v) is 8.47. The highest BCUT2D eigenvalue weighted by atomic mass is 15.1. The zero-order valence-electron chi connectivity index (χ0n) is 27.7. The van der Waals surface area contributed by atoms with Crippen LogP contribution in [-0.2, 0) is 5.54 Å². The average molecular weight is 610 g/mol. The summed E-state index contributed by atoms with van der Waals surface area (Å²) in [5.41, 5.74) is 12.3. The molecule has 0 fully saturated rings. The van der Waals surface area contributed by atoms with Gasteiger partial charge in [-0.2, -0.15) is 0 Å². The molecule has 0 aliphatic heterocycles. The molecule has 2 N–H and O–H groups in total. The van der Waals surface area contributed by atoms with Gasteiger partial charge in [-0.05, 0) is 109 Å². The minimum Gasteiger partial charge on any atom is -0.355 e. The first-order valence-corrected chi connectivity index (χ1v) is 16.7. The molecule has 0 amide bonds. The lowest BCUT2D eigenvalue weighted by molar-refractivity contribution is 0.225. The molecule has 0 bridgehead atoms. The van der Waals surface area contributed by atoms with Gasteiger partial charge < -0.3 is 14.5 Å². The molecule has 0 aliphatic rings. The van der Waals surface area contributed by atoms with Gasteiger partial charge >= 0.3 is 0 Å². The Kier molecular flexibility index (Phi) is 5.87. The van der Waals surface area contributed by atoms with Crippen LogP contribution < -0.4 is 0 Å². The topological polar surface area (TPSA) is 36.5 Å². The van der Waals surface area contributed by atoms with E-state index in [0.29, 0.717) is 0 Å². The van der Waals surface area contributed by atoms with Crippen molar-refractivity contribution < 1.29 is 0 Å². The highest BCUT2D eigenvalue weighted by molar-refractivity contribution is 6.13. The van der Waals surface area contributed by atoms with Crippen LogP contribution in [0.5, 0.6) is 0 Å². The summed E-state index contributed by atoms with van der Waals surface area (Å²) >= 11 is 0. The van der Waals surface area contributed by atoms with E-state index in [1.54, 1.807) is 0 Å². The van der Waals surface area contributed by atoms with Gasteiger partial charge in [0, 0.05) is 71.0 Å². The van der Waals surface area contributed by atoms with Crippen molar-refractivity contribution in [1.29, 1.82) is 0 Å². The summed E-state index contributed by atoms with van der Waals surface area (Å²) < 4.78 is 2.60. The van der Waals surface area contributed by atoms with Gasteiger partial charge in [-0.1, -0.05) is 81.4 Å². The van der Waals surface area contributed by atoms with Crippen LogP contribution in [0.15, 0.2) is 121 Å². The van der Waals surface area contributed by atoms with Crippen molar-refractivity contribution in [3.05, 3.63) is 121 Å². The van der Waals surface area contributed by atoms with Gasteiger partial charge in [0.05, 0.1) is 0 Å². The summed E-state index contributed by atoms with van der Waals surface area (Å²) in [5.74, 6) is 0. The van der Waals surface area contributed by atoms with Gasteiger partial charge in [-0.25, -0.2) is 0 Å². The van der Waals surface area contributed by atoms with Gasteiger partial charge in [0.1, 0.15) is 0 Å². The van der Waals surface area contributed by atoms with Gasteiger partial charge in [-0.3, -0.25) is 0 Å². The Bertz CT molecular complexity index is 2500. The average Bonchev–Trinajstić information content (AvgIpc) is 3.72. The van der Waals surface area contributed by atoms with Crippen LogP contribution in [0.2, 0.25) is 0 Å². The molecule has 6 aromatic carbocycles. The molecular formula is C44H39N3. The second kappa shape index (κ2) is 9.86. The largest absolute Gasteiger partial charge is 0.355 e. The molecule has 47 heavy (non-hydrogen) atoms. The Morgan fingerprint density at radius 2 is 0.809 bits per heavy atom. The maximum atomic E-state index is 3.58. The zero-order valence-corrected chi connectivity index (χ0v) is 27.7. The van der Waals surface area contributed by atoms with E-state index >= 15 is 0 Å². The Balaban J connectivity index is 1.26. The first-order valence-electron chi connectivity index (χ1n) is 16.7. The summed E-state index contributed by atoms with van der Waals surface area (Å²) in [6.07, 6.45) is 1.07. The predicted octanol–water partition coefficient (Wildman–Crippen LogP) is 12.6. The Labute approximate surface area is 274 Å². The minimum atomic E-state index is -0.0762. The van der Waals surface area contributed by atoms with Gasteiger partial charge in [-0.15, -0.1) is 0 Å². The standard InChI is InChI=1S/C44H39N3/c1-43(2,3)26-44(4,5)47-41-20-16-29(27-14-18-39-33(22-27)31-10-6-8-12-37(31)45-39)24-35(41)36-25-30(17-21-42(36)47)28-15-19-40-34(23-28)32-11-7-9-13-38(32)46-40/h6-25,45-46H,26H2,1-5H3. The first kappa shape index (κ1) is 28.0. The van der Waals surface area contributed by atoms with E-state index in [0.717, 1.165) is 6.42 Å². The highest BCUT2D eigenvalue weighted by Crippen LogP contribution is 2.43. The number of hydrogen-bond donors (Lipinski definition) is 2. The third kappa shape index (κ3) is 4.48. The summed E-state index contributed by atoms with van der Waals surface area (Å²) in [4.78, 5) is 7.17. The Hall–Kier alpha value is -5.28. The molecule has 3 heteroatoms. The van der Waals surface area contributed by atoms with Crippen molar-refractivity contribution in [2.24, 2.45) is 5.41 Å².